The monoisotopic (exact) mass is 230 g/mol. The average Bonchev–Trinajstić information content (AvgIpc) is 2.39. The van der Waals surface area contributed by atoms with Crippen molar-refractivity contribution in [2.45, 2.75) is 25.3 Å². The summed E-state index contributed by atoms with van der Waals surface area (Å²) in [6.07, 6.45) is 3.39. The number of nitrogens with one attached hydrogen (secondary N) is 1. The standard InChI is InChI=1S/C14H18N2O/c1-17-13-6-4-11(5-7-13)16-9-10-2-3-12(16)8-14(10)15/h4-7,10,12,15H,2-3,8-9H2,1H3. The molecule has 2 heterocycles. The van der Waals surface area contributed by atoms with Crippen molar-refractivity contribution in [1.29, 1.82) is 5.41 Å². The summed E-state index contributed by atoms with van der Waals surface area (Å²) in [4.78, 5) is 2.46. The van der Waals surface area contributed by atoms with Crippen LogP contribution in [0.2, 0.25) is 0 Å². The van der Waals surface area contributed by atoms with Gasteiger partial charge in [-0.3, -0.25) is 0 Å². The molecule has 1 saturated carbocycles. The van der Waals surface area contributed by atoms with Gasteiger partial charge in [0.25, 0.3) is 0 Å². The van der Waals surface area contributed by atoms with Crippen molar-refractivity contribution in [2.75, 3.05) is 18.6 Å². The first-order valence-electron chi connectivity index (χ1n) is 6.26. The van der Waals surface area contributed by atoms with E-state index in [0.717, 1.165) is 24.4 Å². The van der Waals surface area contributed by atoms with Crippen LogP contribution in [0.5, 0.6) is 5.75 Å². The average molecular weight is 230 g/mol. The van der Waals surface area contributed by atoms with Gasteiger partial charge < -0.3 is 15.0 Å². The van der Waals surface area contributed by atoms with Crippen molar-refractivity contribution in [3.05, 3.63) is 24.3 Å². The molecule has 2 unspecified atom stereocenters. The molecule has 2 saturated heterocycles. The topological polar surface area (TPSA) is 36.3 Å². The number of nitrogens with zero attached hydrogens (tertiary/aromatic N) is 1. The van der Waals surface area contributed by atoms with Crippen molar-refractivity contribution >= 4 is 11.4 Å². The van der Waals surface area contributed by atoms with Crippen LogP contribution in [0, 0.1) is 11.3 Å². The number of hydrogen-bond acceptors (Lipinski definition) is 3. The maximum absolute atomic E-state index is 7.95. The third-order valence-corrected chi connectivity index (χ3v) is 4.06. The van der Waals surface area contributed by atoms with Gasteiger partial charge in [-0.1, -0.05) is 0 Å². The van der Waals surface area contributed by atoms with E-state index in [-0.39, 0.29) is 0 Å². The summed E-state index contributed by atoms with van der Waals surface area (Å²) in [7, 11) is 1.69. The van der Waals surface area contributed by atoms with Gasteiger partial charge in [-0.25, -0.2) is 0 Å². The normalized spacial score (nSPS) is 27.4. The molecule has 3 nitrogen and oxygen atoms in total. The Morgan fingerprint density at radius 2 is 2.00 bits per heavy atom. The van der Waals surface area contributed by atoms with Crippen LogP contribution in [-0.4, -0.2) is 25.4 Å². The van der Waals surface area contributed by atoms with Crippen molar-refractivity contribution < 1.29 is 4.74 Å². The van der Waals surface area contributed by atoms with Crippen LogP contribution in [-0.2, 0) is 0 Å². The van der Waals surface area contributed by atoms with Gasteiger partial charge in [0.05, 0.1) is 7.11 Å². The Morgan fingerprint density at radius 1 is 1.24 bits per heavy atom. The van der Waals surface area contributed by atoms with Crippen LogP contribution in [0.1, 0.15) is 19.3 Å². The van der Waals surface area contributed by atoms with Crippen molar-refractivity contribution in [3.8, 4) is 5.75 Å². The lowest BCUT2D eigenvalue weighted by atomic mass is 9.78. The fourth-order valence-electron chi connectivity index (χ4n) is 3.03. The molecule has 4 rings (SSSR count). The number of fused-ring (bicyclic) bond motifs is 3. The van der Waals surface area contributed by atoms with Crippen LogP contribution in [0.15, 0.2) is 24.3 Å². The molecule has 2 bridgehead atoms. The Bertz CT molecular complexity index is 426. The lowest BCUT2D eigenvalue weighted by molar-refractivity contribution is 0.376. The molecular weight excluding hydrogens is 212 g/mol. The van der Waals surface area contributed by atoms with E-state index in [9.17, 15) is 0 Å². The van der Waals surface area contributed by atoms with Crippen LogP contribution in [0.3, 0.4) is 0 Å². The maximum atomic E-state index is 7.95. The fraction of sp³-hybridized carbons (Fsp3) is 0.500. The number of benzene rings is 1. The molecule has 0 amide bonds. The molecule has 3 fully saturated rings. The Balaban J connectivity index is 1.82. The molecule has 90 valence electrons. The van der Waals surface area contributed by atoms with Gasteiger partial charge in [-0.2, -0.15) is 0 Å². The summed E-state index contributed by atoms with van der Waals surface area (Å²) in [5.74, 6) is 1.39. The zero-order valence-corrected chi connectivity index (χ0v) is 10.1. The predicted octanol–water partition coefficient (Wildman–Crippen LogP) is 2.70. The number of hydrogen-bond donors (Lipinski definition) is 1. The van der Waals surface area contributed by atoms with E-state index in [1.807, 2.05) is 12.1 Å². The Kier molecular flexibility index (Phi) is 2.54. The second-order valence-corrected chi connectivity index (χ2v) is 5.01. The van der Waals surface area contributed by atoms with Crippen molar-refractivity contribution in [3.63, 3.8) is 0 Å². The highest BCUT2D eigenvalue weighted by Crippen LogP contribution is 2.36. The minimum absolute atomic E-state index is 0.488. The highest BCUT2D eigenvalue weighted by molar-refractivity contribution is 5.87. The van der Waals surface area contributed by atoms with E-state index in [0.29, 0.717) is 12.0 Å². The van der Waals surface area contributed by atoms with Crippen LogP contribution >= 0.6 is 0 Å². The first-order valence-corrected chi connectivity index (χ1v) is 6.26. The van der Waals surface area contributed by atoms with Gasteiger partial charge in [0, 0.05) is 36.3 Å². The smallest absolute Gasteiger partial charge is 0.119 e. The molecule has 17 heavy (non-hydrogen) atoms. The predicted molar refractivity (Wildman–Crippen MR) is 69.2 cm³/mol. The van der Waals surface area contributed by atoms with Crippen molar-refractivity contribution in [1.82, 2.24) is 0 Å². The van der Waals surface area contributed by atoms with Crippen molar-refractivity contribution in [2.24, 2.45) is 5.92 Å². The molecule has 2 aliphatic heterocycles. The second-order valence-electron chi connectivity index (χ2n) is 5.01. The first kappa shape index (κ1) is 10.6. The zero-order valence-electron chi connectivity index (χ0n) is 10.1. The third kappa shape index (κ3) is 1.79. The van der Waals surface area contributed by atoms with Gasteiger partial charge in [0.15, 0.2) is 0 Å². The van der Waals surface area contributed by atoms with E-state index in [1.165, 1.54) is 18.5 Å². The first-order chi connectivity index (χ1) is 8.28. The number of methoxy groups -OCH3 is 1. The molecule has 3 heteroatoms. The molecule has 1 aliphatic carbocycles. The Labute approximate surface area is 102 Å². The van der Waals surface area contributed by atoms with Gasteiger partial charge in [0.2, 0.25) is 0 Å². The summed E-state index contributed by atoms with van der Waals surface area (Å²) in [6, 6.07) is 8.83. The number of piperidine rings is 2. The lowest BCUT2D eigenvalue weighted by Gasteiger charge is -2.47. The summed E-state index contributed by atoms with van der Waals surface area (Å²) >= 11 is 0. The lowest BCUT2D eigenvalue weighted by Crippen LogP contribution is -2.52. The van der Waals surface area contributed by atoms with Crippen LogP contribution in [0.4, 0.5) is 5.69 Å². The third-order valence-electron chi connectivity index (χ3n) is 4.06. The molecule has 1 aromatic carbocycles. The van der Waals surface area contributed by atoms with E-state index in [4.69, 9.17) is 10.1 Å². The zero-order chi connectivity index (χ0) is 11.8. The van der Waals surface area contributed by atoms with Crippen LogP contribution < -0.4 is 9.64 Å². The molecule has 3 aliphatic rings. The SMILES string of the molecule is COc1ccc(N2CC3CCC2CC3=N)cc1. The highest BCUT2D eigenvalue weighted by atomic mass is 16.5. The molecule has 0 radical (unpaired) electrons. The number of rotatable bonds is 2. The summed E-state index contributed by atoms with van der Waals surface area (Å²) in [6.45, 7) is 1.02. The molecule has 0 aromatic heterocycles. The van der Waals surface area contributed by atoms with Gasteiger partial charge in [-0.15, -0.1) is 0 Å². The fourth-order valence-corrected chi connectivity index (χ4v) is 3.03. The Morgan fingerprint density at radius 3 is 2.53 bits per heavy atom. The second kappa shape index (κ2) is 4.06. The summed E-state index contributed by atoms with van der Waals surface area (Å²) in [5, 5.41) is 7.95. The molecule has 0 spiro atoms. The Hall–Kier alpha value is -1.51. The molecular formula is C14H18N2O. The minimum Gasteiger partial charge on any atom is -0.497 e. The minimum atomic E-state index is 0.488. The summed E-state index contributed by atoms with van der Waals surface area (Å²) in [5.41, 5.74) is 2.24. The van der Waals surface area contributed by atoms with Gasteiger partial charge in [0.1, 0.15) is 5.75 Å². The maximum Gasteiger partial charge on any atom is 0.119 e. The molecule has 1 aromatic rings. The van der Waals surface area contributed by atoms with E-state index >= 15 is 0 Å². The summed E-state index contributed by atoms with van der Waals surface area (Å²) < 4.78 is 5.18. The molecule has 1 N–H and O–H groups in total. The number of anilines is 1. The van der Waals surface area contributed by atoms with Crippen LogP contribution in [0.25, 0.3) is 0 Å². The number of ether oxygens (including phenoxy) is 1. The largest absolute Gasteiger partial charge is 0.497 e. The quantitative estimate of drug-likeness (QED) is 0.848. The van der Waals surface area contributed by atoms with Gasteiger partial charge >= 0.3 is 0 Å². The molecule has 2 atom stereocenters. The van der Waals surface area contributed by atoms with E-state index < -0.39 is 0 Å². The van der Waals surface area contributed by atoms with E-state index in [1.54, 1.807) is 7.11 Å². The van der Waals surface area contributed by atoms with E-state index in [2.05, 4.69) is 17.0 Å². The highest BCUT2D eigenvalue weighted by Gasteiger charge is 2.37. The van der Waals surface area contributed by atoms with Gasteiger partial charge in [-0.05, 0) is 37.1 Å².